The summed E-state index contributed by atoms with van der Waals surface area (Å²) in [4.78, 5) is 18.1. The molecule has 0 bridgehead atoms. The minimum absolute atomic E-state index is 0.141. The van der Waals surface area contributed by atoms with E-state index >= 15 is 0 Å². The maximum Gasteiger partial charge on any atom is 0.494 e. The Hall–Kier alpha value is -2.44. The first-order valence-corrected chi connectivity index (χ1v) is 12.0. The Labute approximate surface area is 197 Å². The number of rotatable bonds is 2. The molecule has 2 aromatic rings. The molecule has 1 aromatic heterocycles. The quantitative estimate of drug-likeness (QED) is 0.670. The van der Waals surface area contributed by atoms with Crippen molar-refractivity contribution in [3.05, 3.63) is 63.5 Å². The van der Waals surface area contributed by atoms with Crippen molar-refractivity contribution in [2.24, 2.45) is 0 Å². The number of anilines is 1. The number of aromatic nitrogens is 1. The molecule has 1 N–H and O–H groups in total. The molecule has 33 heavy (non-hydrogen) atoms. The van der Waals surface area contributed by atoms with E-state index in [9.17, 15) is 4.79 Å². The van der Waals surface area contributed by atoms with Gasteiger partial charge in [0, 0.05) is 34.9 Å². The van der Waals surface area contributed by atoms with Crippen molar-refractivity contribution in [3.8, 4) is 0 Å². The lowest BCUT2D eigenvalue weighted by atomic mass is 9.72. The highest BCUT2D eigenvalue weighted by atomic mass is 16.7. The van der Waals surface area contributed by atoms with Gasteiger partial charge in [0.15, 0.2) is 5.78 Å². The molecule has 1 aliphatic carbocycles. The van der Waals surface area contributed by atoms with Gasteiger partial charge < -0.3 is 14.6 Å². The van der Waals surface area contributed by atoms with Crippen LogP contribution in [-0.4, -0.2) is 29.1 Å². The molecule has 5 rings (SSSR count). The largest absolute Gasteiger partial charge is 0.494 e. The van der Waals surface area contributed by atoms with Crippen LogP contribution in [0.25, 0.3) is 0 Å². The summed E-state index contributed by atoms with van der Waals surface area (Å²) in [5.74, 6) is 0.978. The first kappa shape index (κ1) is 22.4. The van der Waals surface area contributed by atoms with Crippen LogP contribution in [0.3, 0.4) is 0 Å². The van der Waals surface area contributed by atoms with Gasteiger partial charge in [0.1, 0.15) is 5.82 Å². The number of Topliss-reactive ketones (excluding diaryl/α,β-unsaturated/α-hetero) is 1. The van der Waals surface area contributed by atoms with Crippen molar-refractivity contribution in [2.45, 2.75) is 84.8 Å². The molecule has 1 aromatic carbocycles. The van der Waals surface area contributed by atoms with E-state index < -0.39 is 18.3 Å². The minimum atomic E-state index is -0.439. The van der Waals surface area contributed by atoms with E-state index in [1.807, 2.05) is 6.92 Å². The molecule has 0 amide bonds. The summed E-state index contributed by atoms with van der Waals surface area (Å²) < 4.78 is 12.6. The third-order valence-electron chi connectivity index (χ3n) is 8.12. The molecule has 5 nitrogen and oxygen atoms in total. The minimum Gasteiger partial charge on any atom is -0.399 e. The van der Waals surface area contributed by atoms with E-state index in [4.69, 9.17) is 14.3 Å². The van der Waals surface area contributed by atoms with Crippen LogP contribution in [-0.2, 0) is 14.1 Å². The molecule has 2 aliphatic heterocycles. The standard InChI is InChI=1S/C27H33BN2O3/c1-15-16(2)22-23(24-20(12-9-13-21(24)31)30-25(22)29-17(15)3)18-10-8-11-19(14-18)28-32-26(4,5)27(6,7)33-28/h8,10-11,14,23H,9,12-13H2,1-7H3,(H,29,30). The van der Waals surface area contributed by atoms with Gasteiger partial charge in [-0.05, 0) is 83.5 Å². The number of allylic oxidation sites excluding steroid dienone is 2. The number of benzene rings is 1. The monoisotopic (exact) mass is 444 g/mol. The maximum absolute atomic E-state index is 13.2. The molecular formula is C27H33BN2O3. The number of nitrogens with zero attached hydrogens (tertiary/aromatic N) is 1. The Morgan fingerprint density at radius 3 is 2.42 bits per heavy atom. The molecule has 1 fully saturated rings. The second kappa shape index (κ2) is 7.54. The Kier molecular flexibility index (Phi) is 5.11. The van der Waals surface area contributed by atoms with Crippen LogP contribution < -0.4 is 10.8 Å². The van der Waals surface area contributed by atoms with Crippen molar-refractivity contribution in [3.63, 3.8) is 0 Å². The van der Waals surface area contributed by atoms with Gasteiger partial charge in [-0.3, -0.25) is 4.79 Å². The lowest BCUT2D eigenvalue weighted by Gasteiger charge is -2.35. The third kappa shape index (κ3) is 3.46. The van der Waals surface area contributed by atoms with Gasteiger partial charge in [-0.25, -0.2) is 4.98 Å². The first-order chi connectivity index (χ1) is 15.5. The number of pyridine rings is 1. The first-order valence-electron chi connectivity index (χ1n) is 12.0. The molecule has 3 aliphatic rings. The fraction of sp³-hybridized carbons (Fsp3) is 0.481. The van der Waals surface area contributed by atoms with Crippen molar-refractivity contribution in [2.75, 3.05) is 5.32 Å². The number of carbonyl (C=O) groups is 1. The van der Waals surface area contributed by atoms with Crippen LogP contribution in [0.5, 0.6) is 0 Å². The molecule has 0 saturated carbocycles. The van der Waals surface area contributed by atoms with E-state index in [0.29, 0.717) is 6.42 Å². The Bertz CT molecular complexity index is 1180. The van der Waals surface area contributed by atoms with E-state index in [-0.39, 0.29) is 11.7 Å². The second-order valence-electron chi connectivity index (χ2n) is 10.7. The van der Waals surface area contributed by atoms with Gasteiger partial charge in [-0.2, -0.15) is 0 Å². The van der Waals surface area contributed by atoms with E-state index in [2.05, 4.69) is 71.1 Å². The maximum atomic E-state index is 13.2. The zero-order chi connectivity index (χ0) is 23.7. The third-order valence-corrected chi connectivity index (χ3v) is 8.12. The van der Waals surface area contributed by atoms with Crippen molar-refractivity contribution < 1.29 is 14.1 Å². The topological polar surface area (TPSA) is 60.5 Å². The number of ketones is 1. The Morgan fingerprint density at radius 2 is 1.73 bits per heavy atom. The highest BCUT2D eigenvalue weighted by molar-refractivity contribution is 6.62. The van der Waals surface area contributed by atoms with Crippen LogP contribution in [0.4, 0.5) is 5.82 Å². The number of nitrogens with one attached hydrogen (secondary N) is 1. The summed E-state index contributed by atoms with van der Waals surface area (Å²) in [6, 6.07) is 8.38. The molecule has 1 unspecified atom stereocenters. The Balaban J connectivity index is 1.66. The van der Waals surface area contributed by atoms with Crippen LogP contribution in [0.1, 0.15) is 80.8 Å². The number of aryl methyl sites for hydroxylation is 1. The van der Waals surface area contributed by atoms with Crippen LogP contribution in [0.15, 0.2) is 35.5 Å². The zero-order valence-electron chi connectivity index (χ0n) is 20.8. The number of hydrogen-bond donors (Lipinski definition) is 1. The lowest BCUT2D eigenvalue weighted by molar-refractivity contribution is -0.116. The van der Waals surface area contributed by atoms with Crippen LogP contribution in [0, 0.1) is 20.8 Å². The van der Waals surface area contributed by atoms with E-state index in [1.54, 1.807) is 0 Å². The van der Waals surface area contributed by atoms with Gasteiger partial charge in [-0.1, -0.05) is 24.3 Å². The lowest BCUT2D eigenvalue weighted by Crippen LogP contribution is -2.41. The number of fused-ring (bicyclic) bond motifs is 1. The molecule has 6 heteroatoms. The van der Waals surface area contributed by atoms with E-state index in [1.165, 1.54) is 11.1 Å². The average Bonchev–Trinajstić information content (AvgIpc) is 2.98. The summed E-state index contributed by atoms with van der Waals surface area (Å²) in [5, 5.41) is 3.53. The number of carbonyl (C=O) groups excluding carboxylic acids is 1. The number of hydrogen-bond acceptors (Lipinski definition) is 5. The van der Waals surface area contributed by atoms with Crippen LogP contribution >= 0.6 is 0 Å². The van der Waals surface area contributed by atoms with Gasteiger partial charge in [-0.15, -0.1) is 0 Å². The predicted molar refractivity (Wildman–Crippen MR) is 132 cm³/mol. The summed E-state index contributed by atoms with van der Waals surface area (Å²) in [5.41, 5.74) is 7.68. The normalized spacial score (nSPS) is 23.3. The zero-order valence-corrected chi connectivity index (χ0v) is 20.8. The molecule has 1 atom stereocenters. The van der Waals surface area contributed by atoms with Gasteiger partial charge in [0.25, 0.3) is 0 Å². The van der Waals surface area contributed by atoms with Crippen LogP contribution in [0.2, 0.25) is 0 Å². The summed E-state index contributed by atoms with van der Waals surface area (Å²) in [7, 11) is -0.439. The van der Waals surface area contributed by atoms with Gasteiger partial charge in [0.2, 0.25) is 0 Å². The van der Waals surface area contributed by atoms with Crippen molar-refractivity contribution >= 4 is 24.2 Å². The molecular weight excluding hydrogens is 411 g/mol. The fourth-order valence-corrected chi connectivity index (χ4v) is 5.22. The molecule has 172 valence electrons. The van der Waals surface area contributed by atoms with Gasteiger partial charge >= 0.3 is 7.12 Å². The highest BCUT2D eigenvalue weighted by Crippen LogP contribution is 2.46. The molecule has 1 saturated heterocycles. The van der Waals surface area contributed by atoms with E-state index in [0.717, 1.165) is 52.2 Å². The summed E-state index contributed by atoms with van der Waals surface area (Å²) in [6.45, 7) is 14.6. The molecule has 3 heterocycles. The Morgan fingerprint density at radius 1 is 1.03 bits per heavy atom. The van der Waals surface area contributed by atoms with Crippen molar-refractivity contribution in [1.82, 2.24) is 4.98 Å². The average molecular weight is 444 g/mol. The van der Waals surface area contributed by atoms with Crippen molar-refractivity contribution in [1.29, 1.82) is 0 Å². The van der Waals surface area contributed by atoms with Gasteiger partial charge in [0.05, 0.1) is 11.2 Å². The fourth-order valence-electron chi connectivity index (χ4n) is 5.22. The highest BCUT2D eigenvalue weighted by Gasteiger charge is 2.52. The smallest absolute Gasteiger partial charge is 0.399 e. The summed E-state index contributed by atoms with van der Waals surface area (Å²) >= 11 is 0. The molecule has 0 radical (unpaired) electrons. The SMILES string of the molecule is Cc1nc2c(c(C)c1C)C(c1cccc(B3OC(C)(C)C(C)(C)O3)c1)C1=C(CCCC1=O)N2. The molecule has 0 spiro atoms. The second-order valence-corrected chi connectivity index (χ2v) is 10.7. The predicted octanol–water partition coefficient (Wildman–Crippen LogP) is 4.87. The summed E-state index contributed by atoms with van der Waals surface area (Å²) in [6.07, 6.45) is 2.35.